The van der Waals surface area contributed by atoms with Crippen LogP contribution in [0.1, 0.15) is 219 Å². The van der Waals surface area contributed by atoms with Crippen molar-refractivity contribution in [3.63, 3.8) is 0 Å². The van der Waals surface area contributed by atoms with Crippen LogP contribution < -0.4 is 4.89 Å². The van der Waals surface area contributed by atoms with Crippen molar-refractivity contribution in [1.29, 1.82) is 0 Å². The predicted octanol–water partition coefficient (Wildman–Crippen LogP) is 15.5. The van der Waals surface area contributed by atoms with E-state index >= 15 is 0 Å². The number of ether oxygens (including phenoxy) is 2. The maximum atomic E-state index is 12.7. The molecule has 0 aromatic heterocycles. The van der Waals surface area contributed by atoms with Crippen LogP contribution in [0.15, 0.2) is 72.9 Å². The van der Waals surface area contributed by atoms with E-state index in [-0.39, 0.29) is 26.1 Å². The van der Waals surface area contributed by atoms with Gasteiger partial charge in [0.1, 0.15) is 19.8 Å². The van der Waals surface area contributed by atoms with Gasteiger partial charge in [-0.25, -0.2) is 0 Å². The van der Waals surface area contributed by atoms with Gasteiger partial charge in [-0.05, 0) is 77.0 Å². The third-order valence-corrected chi connectivity index (χ3v) is 12.2. The first kappa shape index (κ1) is 63.5. The summed E-state index contributed by atoms with van der Waals surface area (Å²) in [6, 6.07) is 0. The molecule has 0 heterocycles. The largest absolute Gasteiger partial charge is 0.756 e. The first-order valence-electron chi connectivity index (χ1n) is 26.6. The molecule has 0 bridgehead atoms. The van der Waals surface area contributed by atoms with Crippen LogP contribution in [0.4, 0.5) is 0 Å². The van der Waals surface area contributed by atoms with Crippen molar-refractivity contribution in [3.05, 3.63) is 72.9 Å². The predicted molar refractivity (Wildman–Crippen MR) is 277 cm³/mol. The molecule has 0 aliphatic heterocycles. The van der Waals surface area contributed by atoms with Gasteiger partial charge >= 0.3 is 11.9 Å². The van der Waals surface area contributed by atoms with E-state index in [2.05, 4.69) is 86.8 Å². The van der Waals surface area contributed by atoms with E-state index < -0.39 is 32.5 Å². The molecule has 382 valence electrons. The van der Waals surface area contributed by atoms with Gasteiger partial charge in [-0.15, -0.1) is 0 Å². The molecule has 0 saturated heterocycles. The molecule has 0 aliphatic carbocycles. The summed E-state index contributed by atoms with van der Waals surface area (Å²) in [6.07, 6.45) is 61.0. The fourth-order valence-electron chi connectivity index (χ4n) is 7.10. The number of rotatable bonds is 48. The number of phosphoric acid groups is 1. The molecule has 66 heavy (non-hydrogen) atoms. The zero-order valence-electron chi connectivity index (χ0n) is 43.1. The minimum absolute atomic E-state index is 0.0443. The van der Waals surface area contributed by atoms with E-state index in [1.165, 1.54) is 116 Å². The minimum Gasteiger partial charge on any atom is -0.756 e. The Morgan fingerprint density at radius 3 is 1.35 bits per heavy atom. The summed E-state index contributed by atoms with van der Waals surface area (Å²) >= 11 is 0. The normalized spacial score (nSPS) is 14.0. The topological polar surface area (TPSA) is 111 Å². The van der Waals surface area contributed by atoms with Gasteiger partial charge in [-0.1, -0.05) is 202 Å². The molecule has 0 radical (unpaired) electrons. The molecule has 0 aromatic carbocycles. The van der Waals surface area contributed by atoms with Gasteiger partial charge in [0, 0.05) is 12.8 Å². The molecule has 0 amide bonds. The Hall–Kier alpha value is -2.55. The Bertz CT molecular complexity index is 1350. The molecule has 0 aliphatic rings. The van der Waals surface area contributed by atoms with Crippen molar-refractivity contribution in [1.82, 2.24) is 0 Å². The number of quaternary nitrogens is 1. The fraction of sp³-hybridized carbons (Fsp3) is 0.750. The second-order valence-electron chi connectivity index (χ2n) is 18.9. The van der Waals surface area contributed by atoms with E-state index in [0.717, 1.165) is 64.2 Å². The summed E-state index contributed by atoms with van der Waals surface area (Å²) in [7, 11) is 1.12. The van der Waals surface area contributed by atoms with Crippen LogP contribution in [-0.2, 0) is 32.7 Å². The number of nitrogens with zero attached hydrogens (tertiary/aromatic N) is 1. The minimum atomic E-state index is -4.65. The molecule has 10 heteroatoms. The highest BCUT2D eigenvalue weighted by atomic mass is 31.2. The Morgan fingerprint density at radius 2 is 0.879 bits per heavy atom. The van der Waals surface area contributed by atoms with Crippen LogP contribution in [0, 0.1) is 0 Å². The number of carbonyl (C=O) groups excluding carboxylic acids is 2. The Kier molecular flexibility index (Phi) is 45.7. The molecule has 0 fully saturated rings. The number of phosphoric ester groups is 1. The fourth-order valence-corrected chi connectivity index (χ4v) is 7.83. The Morgan fingerprint density at radius 1 is 0.485 bits per heavy atom. The molecular formula is C56H100NO8P. The molecule has 1 unspecified atom stereocenters. The lowest BCUT2D eigenvalue weighted by Crippen LogP contribution is -2.37. The van der Waals surface area contributed by atoms with Crippen LogP contribution in [0.5, 0.6) is 0 Å². The summed E-state index contributed by atoms with van der Waals surface area (Å²) < 4.78 is 34.0. The van der Waals surface area contributed by atoms with Gasteiger partial charge in [0.05, 0.1) is 27.7 Å². The summed E-state index contributed by atoms with van der Waals surface area (Å²) in [6.45, 7) is 4.06. The lowest BCUT2D eigenvalue weighted by atomic mass is 10.0. The molecule has 9 nitrogen and oxygen atoms in total. The quantitative estimate of drug-likeness (QED) is 0.0195. The van der Waals surface area contributed by atoms with Gasteiger partial charge in [0.25, 0.3) is 7.82 Å². The zero-order valence-corrected chi connectivity index (χ0v) is 44.0. The number of hydrogen-bond donors (Lipinski definition) is 0. The van der Waals surface area contributed by atoms with Gasteiger partial charge < -0.3 is 27.9 Å². The van der Waals surface area contributed by atoms with Gasteiger partial charge in [-0.3, -0.25) is 14.2 Å². The zero-order chi connectivity index (χ0) is 48.5. The highest BCUT2D eigenvalue weighted by Gasteiger charge is 2.21. The van der Waals surface area contributed by atoms with E-state index in [0.29, 0.717) is 23.9 Å². The average molecular weight is 946 g/mol. The number of likely N-dealkylation sites (N-methyl/N-ethyl adjacent to an activating group) is 1. The van der Waals surface area contributed by atoms with Crippen molar-refractivity contribution in [2.75, 3.05) is 47.5 Å². The average Bonchev–Trinajstić information content (AvgIpc) is 3.27. The summed E-state index contributed by atoms with van der Waals surface area (Å²) in [5, 5.41) is 0. The van der Waals surface area contributed by atoms with Crippen molar-refractivity contribution in [2.45, 2.75) is 225 Å². The molecule has 0 rings (SSSR count). The van der Waals surface area contributed by atoms with Crippen LogP contribution in [0.3, 0.4) is 0 Å². The highest BCUT2D eigenvalue weighted by molar-refractivity contribution is 7.45. The molecule has 2 atom stereocenters. The van der Waals surface area contributed by atoms with Crippen LogP contribution in [-0.4, -0.2) is 70.0 Å². The van der Waals surface area contributed by atoms with Crippen LogP contribution in [0.2, 0.25) is 0 Å². The van der Waals surface area contributed by atoms with E-state index in [4.69, 9.17) is 18.5 Å². The SMILES string of the molecule is CC/C=C/C/C=C/C/C=C/C/C=C/C/C=C/CCCCCC(=O)O[C@H](COC(=O)CCC/C=C/CCCCCCCCCCCCCCCCCCCC)COP(=O)([O-])OCC[N+](C)(C)C. The van der Waals surface area contributed by atoms with Crippen molar-refractivity contribution in [3.8, 4) is 0 Å². The third kappa shape index (κ3) is 50.9. The van der Waals surface area contributed by atoms with Crippen molar-refractivity contribution < 1.29 is 42.1 Å². The van der Waals surface area contributed by atoms with Crippen molar-refractivity contribution >= 4 is 19.8 Å². The first-order chi connectivity index (χ1) is 32.0. The van der Waals surface area contributed by atoms with Gasteiger partial charge in [0.15, 0.2) is 6.10 Å². The van der Waals surface area contributed by atoms with Crippen molar-refractivity contribution in [2.24, 2.45) is 0 Å². The number of carbonyl (C=O) groups is 2. The molecule has 0 N–H and O–H groups in total. The number of esters is 2. The Balaban J connectivity index is 4.30. The van der Waals surface area contributed by atoms with Crippen LogP contribution in [0.25, 0.3) is 0 Å². The number of unbranched alkanes of at least 4 members (excludes halogenated alkanes) is 22. The summed E-state index contributed by atoms with van der Waals surface area (Å²) in [4.78, 5) is 37.7. The number of allylic oxidation sites excluding steroid dienone is 12. The molecule has 0 saturated carbocycles. The summed E-state index contributed by atoms with van der Waals surface area (Å²) in [5.74, 6) is -0.909. The van der Waals surface area contributed by atoms with E-state index in [1.54, 1.807) is 0 Å². The second kappa shape index (κ2) is 47.5. The third-order valence-electron chi connectivity index (χ3n) is 11.2. The first-order valence-corrected chi connectivity index (χ1v) is 28.1. The monoisotopic (exact) mass is 946 g/mol. The maximum Gasteiger partial charge on any atom is 0.306 e. The van der Waals surface area contributed by atoms with Gasteiger partial charge in [-0.2, -0.15) is 0 Å². The molecule has 0 aromatic rings. The van der Waals surface area contributed by atoms with Gasteiger partial charge in [0.2, 0.25) is 0 Å². The second-order valence-corrected chi connectivity index (χ2v) is 20.3. The Labute approximate surface area is 406 Å². The smallest absolute Gasteiger partial charge is 0.306 e. The molecule has 0 spiro atoms. The summed E-state index contributed by atoms with van der Waals surface area (Å²) in [5.41, 5.74) is 0. The van der Waals surface area contributed by atoms with E-state index in [1.807, 2.05) is 21.1 Å². The highest BCUT2D eigenvalue weighted by Crippen LogP contribution is 2.38. The van der Waals surface area contributed by atoms with Crippen LogP contribution >= 0.6 is 7.82 Å². The molecular weight excluding hydrogens is 846 g/mol. The maximum absolute atomic E-state index is 12.7. The standard InChI is InChI=1S/C56H100NO8P/c1-6-8-10-12-14-16-18-20-22-24-26-27-28-29-31-32-34-36-38-40-42-44-46-48-55(58)62-52-54(53-64-66(60,61)63-51-50-57(3,4)5)65-56(59)49-47-45-43-41-39-37-35-33-30-25-23-21-19-17-15-13-11-9-7-2/h9,11,15,17,21,23,30,33,37,39-40,42,54H,6-8,10,12-14,16,18-20,22,24-29,31-32,34-36,38,41,43-53H2,1-5H3/b11-9+,17-15+,23-21+,33-30+,39-37+,42-40+/t54-/m1/s1. The lowest BCUT2D eigenvalue weighted by Gasteiger charge is -2.28. The number of hydrogen-bond acceptors (Lipinski definition) is 8. The lowest BCUT2D eigenvalue weighted by molar-refractivity contribution is -0.870. The van der Waals surface area contributed by atoms with E-state index in [9.17, 15) is 19.0 Å².